The molecular formula is C14H20ClN5. The number of fused-ring (bicyclic) bond motifs is 1. The van der Waals surface area contributed by atoms with Crippen molar-refractivity contribution < 1.29 is 0 Å². The second-order valence-corrected chi connectivity index (χ2v) is 6.12. The van der Waals surface area contributed by atoms with E-state index in [0.717, 1.165) is 35.9 Å². The van der Waals surface area contributed by atoms with Gasteiger partial charge in [0.2, 0.25) is 0 Å². The molecule has 2 aromatic rings. The van der Waals surface area contributed by atoms with E-state index in [-0.39, 0.29) is 0 Å². The van der Waals surface area contributed by atoms with Gasteiger partial charge in [0.1, 0.15) is 11.0 Å². The lowest BCUT2D eigenvalue weighted by atomic mass is 9.92. The van der Waals surface area contributed by atoms with Crippen LogP contribution in [0.25, 0.3) is 11.0 Å². The van der Waals surface area contributed by atoms with Gasteiger partial charge in [0.05, 0.1) is 18.1 Å². The van der Waals surface area contributed by atoms with Gasteiger partial charge >= 0.3 is 0 Å². The molecule has 0 aliphatic carbocycles. The summed E-state index contributed by atoms with van der Waals surface area (Å²) in [5.74, 6) is 1.51. The number of aromatic nitrogens is 4. The quantitative estimate of drug-likeness (QED) is 0.799. The Morgan fingerprint density at radius 3 is 2.95 bits per heavy atom. The van der Waals surface area contributed by atoms with Crippen LogP contribution in [0.3, 0.4) is 0 Å². The molecule has 0 saturated carbocycles. The molecule has 1 saturated heterocycles. The summed E-state index contributed by atoms with van der Waals surface area (Å²) in [7, 11) is 1.88. The predicted octanol–water partition coefficient (Wildman–Crippen LogP) is 2.64. The van der Waals surface area contributed by atoms with E-state index in [2.05, 4.69) is 33.8 Å². The fourth-order valence-corrected chi connectivity index (χ4v) is 3.16. The first-order chi connectivity index (χ1) is 9.56. The Hall–Kier alpha value is -1.20. The van der Waals surface area contributed by atoms with Crippen molar-refractivity contribution in [2.45, 2.75) is 39.3 Å². The second-order valence-electron chi connectivity index (χ2n) is 5.77. The molecule has 2 atom stereocenters. The normalized spacial score (nSPS) is 24.4. The highest BCUT2D eigenvalue weighted by atomic mass is 35.5. The van der Waals surface area contributed by atoms with Crippen LogP contribution in [0.1, 0.15) is 32.5 Å². The molecule has 6 heteroatoms. The first-order valence-corrected chi connectivity index (χ1v) is 7.52. The molecule has 3 heterocycles. The van der Waals surface area contributed by atoms with Gasteiger partial charge in [0.25, 0.3) is 0 Å². The van der Waals surface area contributed by atoms with Gasteiger partial charge in [-0.2, -0.15) is 5.10 Å². The van der Waals surface area contributed by atoms with Crippen molar-refractivity contribution >= 4 is 22.6 Å². The van der Waals surface area contributed by atoms with E-state index in [4.69, 9.17) is 11.6 Å². The molecule has 1 aliphatic heterocycles. The lowest BCUT2D eigenvalue weighted by Gasteiger charge is -2.37. The Bertz CT molecular complexity index is 623. The minimum Gasteiger partial charge on any atom is -0.293 e. The van der Waals surface area contributed by atoms with Crippen LogP contribution in [-0.2, 0) is 13.6 Å². The van der Waals surface area contributed by atoms with Gasteiger partial charge in [-0.1, -0.05) is 18.5 Å². The van der Waals surface area contributed by atoms with Gasteiger partial charge < -0.3 is 0 Å². The third-order valence-corrected chi connectivity index (χ3v) is 4.73. The first kappa shape index (κ1) is 13.8. The van der Waals surface area contributed by atoms with Gasteiger partial charge in [0, 0.05) is 13.1 Å². The van der Waals surface area contributed by atoms with E-state index in [1.54, 1.807) is 10.9 Å². The fourth-order valence-electron chi connectivity index (χ4n) is 2.93. The Kier molecular flexibility index (Phi) is 3.65. The zero-order valence-corrected chi connectivity index (χ0v) is 12.9. The smallest absolute Gasteiger partial charge is 0.162 e. The van der Waals surface area contributed by atoms with Crippen LogP contribution in [0.4, 0.5) is 0 Å². The van der Waals surface area contributed by atoms with Crippen molar-refractivity contribution in [1.29, 1.82) is 0 Å². The molecule has 0 bridgehead atoms. The number of rotatable bonds is 2. The van der Waals surface area contributed by atoms with Crippen molar-refractivity contribution in [3.63, 3.8) is 0 Å². The minimum atomic E-state index is 0.496. The lowest BCUT2D eigenvalue weighted by Crippen LogP contribution is -2.42. The zero-order chi connectivity index (χ0) is 14.3. The molecule has 0 N–H and O–H groups in total. The molecule has 1 fully saturated rings. The molecule has 0 radical (unpaired) electrons. The van der Waals surface area contributed by atoms with E-state index >= 15 is 0 Å². The molecule has 1 aliphatic rings. The van der Waals surface area contributed by atoms with Crippen LogP contribution in [0, 0.1) is 5.92 Å². The highest BCUT2D eigenvalue weighted by molar-refractivity contribution is 6.33. The summed E-state index contributed by atoms with van der Waals surface area (Å²) in [5.41, 5.74) is 0.803. The van der Waals surface area contributed by atoms with Crippen molar-refractivity contribution in [3.05, 3.63) is 17.2 Å². The Labute approximate surface area is 124 Å². The zero-order valence-electron chi connectivity index (χ0n) is 12.2. The number of piperidine rings is 1. The molecule has 108 valence electrons. The molecule has 0 aromatic carbocycles. The van der Waals surface area contributed by atoms with Crippen LogP contribution < -0.4 is 0 Å². The molecule has 3 rings (SSSR count). The van der Waals surface area contributed by atoms with E-state index in [0.29, 0.717) is 11.2 Å². The summed E-state index contributed by atoms with van der Waals surface area (Å²) >= 11 is 6.24. The molecule has 5 nitrogen and oxygen atoms in total. The third-order valence-electron chi connectivity index (χ3n) is 4.44. The van der Waals surface area contributed by atoms with E-state index in [1.165, 1.54) is 12.8 Å². The van der Waals surface area contributed by atoms with Gasteiger partial charge in [0.15, 0.2) is 5.65 Å². The van der Waals surface area contributed by atoms with Gasteiger partial charge in [-0.3, -0.25) is 9.58 Å². The topological polar surface area (TPSA) is 46.8 Å². The Morgan fingerprint density at radius 2 is 2.15 bits per heavy atom. The van der Waals surface area contributed by atoms with Crippen molar-refractivity contribution in [3.8, 4) is 0 Å². The summed E-state index contributed by atoms with van der Waals surface area (Å²) in [6.45, 7) is 6.46. The molecule has 2 aromatic heterocycles. The number of hydrogen-bond donors (Lipinski definition) is 0. The monoisotopic (exact) mass is 293 g/mol. The predicted molar refractivity (Wildman–Crippen MR) is 79.6 cm³/mol. The first-order valence-electron chi connectivity index (χ1n) is 7.14. The molecule has 20 heavy (non-hydrogen) atoms. The lowest BCUT2D eigenvalue weighted by molar-refractivity contribution is 0.104. The van der Waals surface area contributed by atoms with Crippen LogP contribution in [0.2, 0.25) is 5.15 Å². The van der Waals surface area contributed by atoms with Crippen molar-refractivity contribution in [2.75, 3.05) is 6.54 Å². The SMILES string of the molecule is CC1CCCN(Cc2nc(Cl)c3cnn(C)c3n2)C1C. The van der Waals surface area contributed by atoms with Crippen LogP contribution >= 0.6 is 11.6 Å². The Balaban J connectivity index is 1.89. The summed E-state index contributed by atoms with van der Waals surface area (Å²) in [5, 5.41) is 5.50. The third kappa shape index (κ3) is 2.40. The summed E-state index contributed by atoms with van der Waals surface area (Å²) in [6, 6.07) is 0.563. The number of halogens is 1. The largest absolute Gasteiger partial charge is 0.293 e. The summed E-state index contributed by atoms with van der Waals surface area (Å²) in [4.78, 5) is 11.5. The highest BCUT2D eigenvalue weighted by Gasteiger charge is 2.25. The minimum absolute atomic E-state index is 0.496. The van der Waals surface area contributed by atoms with E-state index < -0.39 is 0 Å². The van der Waals surface area contributed by atoms with Crippen molar-refractivity contribution in [1.82, 2.24) is 24.6 Å². The number of nitrogens with zero attached hydrogens (tertiary/aromatic N) is 5. The maximum Gasteiger partial charge on any atom is 0.162 e. The molecular weight excluding hydrogens is 274 g/mol. The van der Waals surface area contributed by atoms with E-state index in [1.807, 2.05) is 7.05 Å². The van der Waals surface area contributed by atoms with Crippen molar-refractivity contribution in [2.24, 2.45) is 13.0 Å². The van der Waals surface area contributed by atoms with Gasteiger partial charge in [-0.15, -0.1) is 0 Å². The number of hydrogen-bond acceptors (Lipinski definition) is 4. The summed E-state index contributed by atoms with van der Waals surface area (Å²) in [6.07, 6.45) is 4.26. The standard InChI is InChI=1S/C14H20ClN5/c1-9-5-4-6-20(10(9)2)8-12-17-13(15)11-7-16-19(3)14(11)18-12/h7,9-10H,4-6,8H2,1-3H3. The molecule has 0 amide bonds. The number of aryl methyl sites for hydroxylation is 1. The molecule has 0 spiro atoms. The fraction of sp³-hybridized carbons (Fsp3) is 0.643. The number of likely N-dealkylation sites (tertiary alicyclic amines) is 1. The summed E-state index contributed by atoms with van der Waals surface area (Å²) < 4.78 is 1.74. The highest BCUT2D eigenvalue weighted by Crippen LogP contribution is 2.25. The van der Waals surface area contributed by atoms with Crippen LogP contribution in [0.5, 0.6) is 0 Å². The molecule has 2 unspecified atom stereocenters. The van der Waals surface area contributed by atoms with Gasteiger partial charge in [-0.25, -0.2) is 9.97 Å². The van der Waals surface area contributed by atoms with Crippen LogP contribution in [-0.4, -0.2) is 37.2 Å². The maximum atomic E-state index is 6.24. The van der Waals surface area contributed by atoms with E-state index in [9.17, 15) is 0 Å². The van der Waals surface area contributed by atoms with Gasteiger partial charge in [-0.05, 0) is 32.2 Å². The average molecular weight is 294 g/mol. The second kappa shape index (κ2) is 5.30. The average Bonchev–Trinajstić information content (AvgIpc) is 2.78. The maximum absolute atomic E-state index is 6.24. The Morgan fingerprint density at radius 1 is 1.35 bits per heavy atom. The van der Waals surface area contributed by atoms with Crippen LogP contribution in [0.15, 0.2) is 6.20 Å².